The molecule has 1 amide bonds. The highest BCUT2D eigenvalue weighted by Gasteiger charge is 2.43. The molecule has 2 aliphatic heterocycles. The van der Waals surface area contributed by atoms with Crippen LogP contribution in [0.25, 0.3) is 0 Å². The monoisotopic (exact) mass is 339 g/mol. The number of methoxy groups -OCH3 is 1. The van der Waals surface area contributed by atoms with E-state index in [-0.39, 0.29) is 11.6 Å². The third kappa shape index (κ3) is 3.23. The first-order chi connectivity index (χ1) is 11.6. The summed E-state index contributed by atoms with van der Waals surface area (Å²) in [5.41, 5.74) is -0.497. The zero-order valence-electron chi connectivity index (χ0n) is 13.9. The Labute approximate surface area is 140 Å². The largest absolute Gasteiger partial charge is 0.368 e. The van der Waals surface area contributed by atoms with Crippen molar-refractivity contribution in [3.8, 4) is 0 Å². The molecule has 2 saturated heterocycles. The summed E-state index contributed by atoms with van der Waals surface area (Å²) in [6.45, 7) is 3.43. The maximum absolute atomic E-state index is 13.9. The number of piperidine rings is 1. The highest BCUT2D eigenvalue weighted by molar-refractivity contribution is 5.85. The number of piperazine rings is 1. The highest BCUT2D eigenvalue weighted by Crippen LogP contribution is 2.27. The fourth-order valence-electron chi connectivity index (χ4n) is 3.50. The van der Waals surface area contributed by atoms with Gasteiger partial charge in [0.1, 0.15) is 17.2 Å². The van der Waals surface area contributed by atoms with Crippen LogP contribution in [-0.2, 0) is 9.53 Å². The lowest BCUT2D eigenvalue weighted by Crippen LogP contribution is -2.59. The van der Waals surface area contributed by atoms with Crippen molar-refractivity contribution in [2.75, 3.05) is 51.3 Å². The molecule has 2 fully saturated rings. The van der Waals surface area contributed by atoms with Crippen LogP contribution in [-0.4, -0.2) is 62.8 Å². The van der Waals surface area contributed by atoms with Crippen LogP contribution in [0.5, 0.6) is 0 Å². The van der Waals surface area contributed by atoms with Gasteiger partial charge in [-0.05, 0) is 38.1 Å². The molecule has 0 aliphatic carbocycles. The van der Waals surface area contributed by atoms with E-state index in [9.17, 15) is 13.6 Å². The van der Waals surface area contributed by atoms with Crippen molar-refractivity contribution in [1.82, 2.24) is 10.2 Å². The van der Waals surface area contributed by atoms with Gasteiger partial charge < -0.3 is 19.9 Å². The number of halogens is 2. The number of nitrogens with one attached hydrogen (secondary N) is 1. The minimum atomic E-state index is -0.752. The maximum Gasteiger partial charge on any atom is 0.255 e. The summed E-state index contributed by atoms with van der Waals surface area (Å²) in [6.07, 6.45) is 1.31. The zero-order valence-corrected chi connectivity index (χ0v) is 13.9. The molecule has 0 aromatic heterocycles. The van der Waals surface area contributed by atoms with E-state index in [4.69, 9.17) is 4.74 Å². The van der Waals surface area contributed by atoms with E-state index < -0.39 is 17.2 Å². The van der Waals surface area contributed by atoms with Crippen LogP contribution in [0.2, 0.25) is 0 Å². The van der Waals surface area contributed by atoms with E-state index in [2.05, 4.69) is 5.32 Å². The molecular weight excluding hydrogens is 316 g/mol. The molecule has 0 saturated carbocycles. The Balaban J connectivity index is 1.66. The molecule has 0 unspecified atom stereocenters. The summed E-state index contributed by atoms with van der Waals surface area (Å²) in [6, 6.07) is 3.45. The van der Waals surface area contributed by atoms with Crippen molar-refractivity contribution >= 4 is 11.6 Å². The number of hydrogen-bond donors (Lipinski definition) is 1. The Morgan fingerprint density at radius 3 is 2.46 bits per heavy atom. The number of carbonyl (C=O) groups is 1. The summed E-state index contributed by atoms with van der Waals surface area (Å²) in [5, 5.41) is 3.24. The quantitative estimate of drug-likeness (QED) is 0.904. The number of benzene rings is 1. The number of anilines is 1. The Morgan fingerprint density at radius 2 is 1.83 bits per heavy atom. The number of hydrogen-bond acceptors (Lipinski definition) is 4. The number of carbonyl (C=O) groups excluding carboxylic acids is 1. The fourth-order valence-corrected chi connectivity index (χ4v) is 3.50. The predicted octanol–water partition coefficient (Wildman–Crippen LogP) is 1.38. The Hall–Kier alpha value is -1.73. The molecular formula is C17H23F2N3O2. The lowest BCUT2D eigenvalue weighted by atomic mass is 9.90. The second kappa shape index (κ2) is 7.03. The van der Waals surface area contributed by atoms with Crippen molar-refractivity contribution in [2.24, 2.45) is 0 Å². The molecule has 0 spiro atoms. The molecule has 24 heavy (non-hydrogen) atoms. The van der Waals surface area contributed by atoms with Crippen molar-refractivity contribution in [3.63, 3.8) is 0 Å². The van der Waals surface area contributed by atoms with Gasteiger partial charge in [-0.3, -0.25) is 4.79 Å². The third-order valence-corrected chi connectivity index (χ3v) is 5.01. The second-order valence-corrected chi connectivity index (χ2v) is 6.32. The minimum Gasteiger partial charge on any atom is -0.368 e. The van der Waals surface area contributed by atoms with Crippen LogP contribution in [0.15, 0.2) is 18.2 Å². The molecule has 0 radical (unpaired) electrons. The van der Waals surface area contributed by atoms with Crippen LogP contribution in [0, 0.1) is 11.6 Å². The van der Waals surface area contributed by atoms with E-state index in [0.717, 1.165) is 25.2 Å². The number of amides is 1. The van der Waals surface area contributed by atoms with Gasteiger partial charge in [0.05, 0.1) is 5.69 Å². The van der Waals surface area contributed by atoms with Crippen LogP contribution >= 0.6 is 0 Å². The van der Waals surface area contributed by atoms with E-state index in [0.29, 0.717) is 39.0 Å². The molecule has 0 atom stereocenters. The van der Waals surface area contributed by atoms with Gasteiger partial charge >= 0.3 is 0 Å². The first kappa shape index (κ1) is 17.1. The third-order valence-electron chi connectivity index (χ3n) is 5.01. The molecule has 7 heteroatoms. The number of rotatable bonds is 3. The van der Waals surface area contributed by atoms with Gasteiger partial charge in [0.15, 0.2) is 0 Å². The predicted molar refractivity (Wildman–Crippen MR) is 87.0 cm³/mol. The number of ether oxygens (including phenoxy) is 1. The van der Waals surface area contributed by atoms with Crippen molar-refractivity contribution < 1.29 is 18.3 Å². The fraction of sp³-hybridized carbons (Fsp3) is 0.588. The van der Waals surface area contributed by atoms with E-state index in [1.165, 1.54) is 6.07 Å². The molecule has 5 nitrogen and oxygen atoms in total. The first-order valence-electron chi connectivity index (χ1n) is 8.31. The summed E-state index contributed by atoms with van der Waals surface area (Å²) in [4.78, 5) is 16.5. The van der Waals surface area contributed by atoms with Crippen LogP contribution in [0.1, 0.15) is 12.8 Å². The Morgan fingerprint density at radius 1 is 1.17 bits per heavy atom. The maximum atomic E-state index is 13.9. The van der Waals surface area contributed by atoms with Crippen molar-refractivity contribution in [1.29, 1.82) is 0 Å². The van der Waals surface area contributed by atoms with E-state index in [1.807, 2.05) is 0 Å². The molecule has 1 N–H and O–H groups in total. The average molecular weight is 339 g/mol. The van der Waals surface area contributed by atoms with Crippen LogP contribution in [0.4, 0.5) is 14.5 Å². The van der Waals surface area contributed by atoms with Gasteiger partial charge in [0.25, 0.3) is 5.91 Å². The topological polar surface area (TPSA) is 44.8 Å². The van der Waals surface area contributed by atoms with E-state index in [1.54, 1.807) is 16.9 Å². The summed E-state index contributed by atoms with van der Waals surface area (Å²) < 4.78 is 32.9. The SMILES string of the molecule is COC1(C(=O)N2CCN(c3cc(F)ccc3F)CC2)CCNCC1. The molecule has 1 aromatic rings. The van der Waals surface area contributed by atoms with Gasteiger partial charge in [-0.15, -0.1) is 0 Å². The zero-order chi connectivity index (χ0) is 17.2. The Bertz CT molecular complexity index is 597. The lowest BCUT2D eigenvalue weighted by molar-refractivity contribution is -0.158. The molecule has 3 rings (SSSR count). The normalized spacial score (nSPS) is 21.0. The standard InChI is InChI=1S/C17H23F2N3O2/c1-24-17(4-6-20-7-5-17)16(23)22-10-8-21(9-11-22)15-12-13(18)2-3-14(15)19/h2-3,12,20H,4-11H2,1H3. The number of nitrogens with zero attached hydrogens (tertiary/aromatic N) is 2. The van der Waals surface area contributed by atoms with Gasteiger partial charge in [-0.25, -0.2) is 8.78 Å². The van der Waals surface area contributed by atoms with Crippen LogP contribution in [0.3, 0.4) is 0 Å². The molecule has 0 bridgehead atoms. The molecule has 2 aliphatic rings. The van der Waals surface area contributed by atoms with Crippen molar-refractivity contribution in [3.05, 3.63) is 29.8 Å². The van der Waals surface area contributed by atoms with Gasteiger partial charge in [-0.1, -0.05) is 0 Å². The molecule has 1 aromatic carbocycles. The minimum absolute atomic E-state index is 0.00543. The summed E-state index contributed by atoms with van der Waals surface area (Å²) in [7, 11) is 1.58. The summed E-state index contributed by atoms with van der Waals surface area (Å²) >= 11 is 0. The lowest BCUT2D eigenvalue weighted by Gasteiger charge is -2.42. The Kier molecular flexibility index (Phi) is 5.01. The second-order valence-electron chi connectivity index (χ2n) is 6.32. The van der Waals surface area contributed by atoms with Gasteiger partial charge in [0, 0.05) is 39.4 Å². The van der Waals surface area contributed by atoms with Crippen molar-refractivity contribution in [2.45, 2.75) is 18.4 Å². The summed E-state index contributed by atoms with van der Waals surface area (Å²) in [5.74, 6) is -0.897. The first-order valence-corrected chi connectivity index (χ1v) is 8.31. The molecule has 132 valence electrons. The molecule has 2 heterocycles. The highest BCUT2D eigenvalue weighted by atomic mass is 19.1. The van der Waals surface area contributed by atoms with E-state index >= 15 is 0 Å². The van der Waals surface area contributed by atoms with Gasteiger partial charge in [-0.2, -0.15) is 0 Å². The average Bonchev–Trinajstić information content (AvgIpc) is 2.64. The van der Waals surface area contributed by atoms with Crippen LogP contribution < -0.4 is 10.2 Å². The van der Waals surface area contributed by atoms with Gasteiger partial charge in [0.2, 0.25) is 0 Å². The smallest absolute Gasteiger partial charge is 0.255 e.